The molecule has 6 nitrogen and oxygen atoms in total. The van der Waals surface area contributed by atoms with Gasteiger partial charge in [0.25, 0.3) is 0 Å². The summed E-state index contributed by atoms with van der Waals surface area (Å²) >= 11 is 0. The van der Waals surface area contributed by atoms with Gasteiger partial charge in [0.15, 0.2) is 0 Å². The third-order valence-corrected chi connectivity index (χ3v) is 3.71. The minimum absolute atomic E-state index is 0.0895. The number of Topliss-reactive ketones (excluding diaryl/α,β-unsaturated/α-hetero) is 1. The number of amides is 1. The van der Waals surface area contributed by atoms with Crippen LogP contribution in [0.4, 0.5) is 4.79 Å². The maximum Gasteiger partial charge on any atom is 0.410 e. The lowest BCUT2D eigenvalue weighted by Gasteiger charge is -2.46. The van der Waals surface area contributed by atoms with Crippen LogP contribution >= 0.6 is 0 Å². The number of carbonyl (C=O) groups excluding carboxylic acids is 2. The molecule has 0 saturated carbocycles. The van der Waals surface area contributed by atoms with Gasteiger partial charge in [-0.15, -0.1) is 0 Å². The molecule has 19 heavy (non-hydrogen) atoms. The topological polar surface area (TPSA) is 83.9 Å². The summed E-state index contributed by atoms with van der Waals surface area (Å²) in [6.07, 6.45) is 2.09. The van der Waals surface area contributed by atoms with E-state index < -0.39 is 18.0 Å². The van der Waals surface area contributed by atoms with Crippen LogP contribution in [0.1, 0.15) is 25.7 Å². The highest BCUT2D eigenvalue weighted by Gasteiger charge is 2.46. The Hall–Kier alpha value is -1.85. The smallest absolute Gasteiger partial charge is 0.410 e. The quantitative estimate of drug-likeness (QED) is 0.777. The minimum atomic E-state index is -0.858. The van der Waals surface area contributed by atoms with Crippen molar-refractivity contribution in [2.75, 3.05) is 6.61 Å². The van der Waals surface area contributed by atoms with Gasteiger partial charge in [0.2, 0.25) is 0 Å². The molecule has 1 N–H and O–H groups in total. The van der Waals surface area contributed by atoms with E-state index in [1.165, 1.54) is 6.08 Å². The molecule has 2 aliphatic heterocycles. The Morgan fingerprint density at radius 2 is 1.95 bits per heavy atom. The molecule has 0 spiro atoms. The SMILES string of the molecule is C=CCOC(=O)N1[C@@H]2CC(=O)C[C@H]1CC(C(=O)O)C2. The lowest BCUT2D eigenvalue weighted by atomic mass is 9.78. The second-order valence-electron chi connectivity index (χ2n) is 5.03. The standard InChI is InChI=1S/C13H17NO5/c1-2-3-19-13(18)14-9-4-8(12(16)17)5-10(14)7-11(15)6-9/h2,8-10H,1,3-7H2,(H,16,17)/t8?,9-,10+. The van der Waals surface area contributed by atoms with Gasteiger partial charge >= 0.3 is 12.1 Å². The number of rotatable bonds is 3. The Kier molecular flexibility index (Phi) is 3.87. The number of hydrogen-bond acceptors (Lipinski definition) is 4. The van der Waals surface area contributed by atoms with Gasteiger partial charge in [-0.05, 0) is 12.8 Å². The first-order valence-corrected chi connectivity index (χ1v) is 6.33. The fourth-order valence-corrected chi connectivity index (χ4v) is 2.96. The zero-order valence-corrected chi connectivity index (χ0v) is 10.6. The fraction of sp³-hybridized carbons (Fsp3) is 0.615. The number of ketones is 1. The predicted molar refractivity (Wildman–Crippen MR) is 65.6 cm³/mol. The second kappa shape index (κ2) is 5.42. The normalized spacial score (nSPS) is 29.8. The van der Waals surface area contributed by atoms with Crippen molar-refractivity contribution in [3.05, 3.63) is 12.7 Å². The molecule has 2 saturated heterocycles. The Bertz CT molecular complexity index is 401. The van der Waals surface area contributed by atoms with Gasteiger partial charge in [0.05, 0.1) is 5.92 Å². The van der Waals surface area contributed by atoms with E-state index >= 15 is 0 Å². The summed E-state index contributed by atoms with van der Waals surface area (Å²) in [5.41, 5.74) is 0. The van der Waals surface area contributed by atoms with Crippen LogP contribution in [-0.2, 0) is 14.3 Å². The molecule has 2 bridgehead atoms. The van der Waals surface area contributed by atoms with Gasteiger partial charge in [0.1, 0.15) is 12.4 Å². The van der Waals surface area contributed by atoms with Gasteiger partial charge in [-0.2, -0.15) is 0 Å². The number of nitrogens with zero attached hydrogens (tertiary/aromatic N) is 1. The average molecular weight is 267 g/mol. The Morgan fingerprint density at radius 3 is 2.42 bits per heavy atom. The summed E-state index contributed by atoms with van der Waals surface area (Å²) in [6.45, 7) is 3.59. The summed E-state index contributed by atoms with van der Waals surface area (Å²) in [5, 5.41) is 9.09. The van der Waals surface area contributed by atoms with Gasteiger partial charge in [-0.25, -0.2) is 4.79 Å². The Labute approximate surface area is 111 Å². The molecular weight excluding hydrogens is 250 g/mol. The Balaban J connectivity index is 2.12. The molecular formula is C13H17NO5. The van der Waals surface area contributed by atoms with E-state index in [1.54, 1.807) is 4.90 Å². The number of aliphatic carboxylic acids is 1. The summed E-state index contributed by atoms with van der Waals surface area (Å²) in [7, 11) is 0. The molecule has 2 fully saturated rings. The molecule has 0 radical (unpaired) electrons. The minimum Gasteiger partial charge on any atom is -0.481 e. The fourth-order valence-electron chi connectivity index (χ4n) is 2.96. The van der Waals surface area contributed by atoms with Crippen molar-refractivity contribution < 1.29 is 24.2 Å². The average Bonchev–Trinajstić information content (AvgIpc) is 2.33. The molecule has 0 aromatic heterocycles. The number of carbonyl (C=O) groups is 3. The summed E-state index contributed by atoms with van der Waals surface area (Å²) < 4.78 is 5.01. The second-order valence-corrected chi connectivity index (χ2v) is 5.03. The predicted octanol–water partition coefficient (Wildman–Crippen LogP) is 1.21. The number of carboxylic acid groups (broad SMARTS) is 1. The maximum absolute atomic E-state index is 12.0. The van der Waals surface area contributed by atoms with Crippen molar-refractivity contribution in [3.63, 3.8) is 0 Å². The van der Waals surface area contributed by atoms with Crippen LogP contribution < -0.4 is 0 Å². The highest BCUT2D eigenvalue weighted by Crippen LogP contribution is 2.36. The molecule has 2 aliphatic rings. The number of ether oxygens (including phenoxy) is 1. The summed E-state index contributed by atoms with van der Waals surface area (Å²) in [4.78, 5) is 36.2. The Morgan fingerprint density at radius 1 is 1.37 bits per heavy atom. The van der Waals surface area contributed by atoms with Crippen molar-refractivity contribution in [1.29, 1.82) is 0 Å². The van der Waals surface area contributed by atoms with Crippen LogP contribution in [0.3, 0.4) is 0 Å². The largest absolute Gasteiger partial charge is 0.481 e. The van der Waals surface area contributed by atoms with Crippen molar-refractivity contribution in [1.82, 2.24) is 4.90 Å². The van der Waals surface area contributed by atoms with Crippen LogP contribution in [0.5, 0.6) is 0 Å². The van der Waals surface area contributed by atoms with E-state index in [2.05, 4.69) is 6.58 Å². The van der Waals surface area contributed by atoms with Crippen molar-refractivity contribution >= 4 is 17.8 Å². The van der Waals surface area contributed by atoms with Gasteiger partial charge in [-0.1, -0.05) is 12.7 Å². The van der Waals surface area contributed by atoms with Crippen molar-refractivity contribution in [2.45, 2.75) is 37.8 Å². The third-order valence-electron chi connectivity index (χ3n) is 3.71. The van der Waals surface area contributed by atoms with E-state index in [1.807, 2.05) is 0 Å². The molecule has 0 aromatic carbocycles. The van der Waals surface area contributed by atoms with E-state index in [4.69, 9.17) is 9.84 Å². The maximum atomic E-state index is 12.0. The highest BCUT2D eigenvalue weighted by atomic mass is 16.6. The van der Waals surface area contributed by atoms with Gasteiger partial charge < -0.3 is 14.7 Å². The number of carboxylic acids is 1. The zero-order chi connectivity index (χ0) is 14.0. The van der Waals surface area contributed by atoms with E-state index in [-0.39, 0.29) is 37.3 Å². The van der Waals surface area contributed by atoms with Gasteiger partial charge in [0, 0.05) is 24.9 Å². The highest BCUT2D eigenvalue weighted by molar-refractivity contribution is 5.84. The van der Waals surface area contributed by atoms with E-state index in [9.17, 15) is 14.4 Å². The molecule has 1 unspecified atom stereocenters. The first kappa shape index (κ1) is 13.6. The molecule has 0 aliphatic carbocycles. The first-order valence-electron chi connectivity index (χ1n) is 6.33. The molecule has 1 amide bonds. The summed E-state index contributed by atoms with van der Waals surface area (Å²) in [5.74, 6) is -1.25. The van der Waals surface area contributed by atoms with Crippen LogP contribution in [0, 0.1) is 5.92 Å². The number of hydrogen-bond donors (Lipinski definition) is 1. The third kappa shape index (κ3) is 2.77. The molecule has 6 heteroatoms. The summed E-state index contributed by atoms with van der Waals surface area (Å²) in [6, 6.07) is -0.697. The van der Waals surface area contributed by atoms with Crippen molar-refractivity contribution in [2.24, 2.45) is 5.92 Å². The van der Waals surface area contributed by atoms with E-state index in [0.717, 1.165) is 0 Å². The monoisotopic (exact) mass is 267 g/mol. The van der Waals surface area contributed by atoms with Gasteiger partial charge in [-0.3, -0.25) is 9.59 Å². The van der Waals surface area contributed by atoms with Crippen molar-refractivity contribution in [3.8, 4) is 0 Å². The lowest BCUT2D eigenvalue weighted by molar-refractivity contribution is -0.147. The van der Waals surface area contributed by atoms with E-state index in [0.29, 0.717) is 12.8 Å². The van der Waals surface area contributed by atoms with Crippen LogP contribution in [0.25, 0.3) is 0 Å². The molecule has 3 atom stereocenters. The van der Waals surface area contributed by atoms with Crippen LogP contribution in [0.15, 0.2) is 12.7 Å². The first-order chi connectivity index (χ1) is 9.02. The van der Waals surface area contributed by atoms with Crippen LogP contribution in [0.2, 0.25) is 0 Å². The molecule has 2 heterocycles. The zero-order valence-electron chi connectivity index (χ0n) is 10.6. The number of fused-ring (bicyclic) bond motifs is 2. The molecule has 0 aromatic rings. The molecule has 104 valence electrons. The molecule has 2 rings (SSSR count). The van der Waals surface area contributed by atoms with Crippen LogP contribution in [-0.4, -0.2) is 46.5 Å². The lowest BCUT2D eigenvalue weighted by Crippen LogP contribution is -2.57. The number of piperidine rings is 2.